The van der Waals surface area contributed by atoms with Gasteiger partial charge in [-0.25, -0.2) is 9.07 Å². The zero-order valence-corrected chi connectivity index (χ0v) is 19.9. The highest BCUT2D eigenvalue weighted by molar-refractivity contribution is 5.94. The molecule has 0 N–H and O–H groups in total. The van der Waals surface area contributed by atoms with E-state index in [1.54, 1.807) is 12.1 Å². The predicted octanol–water partition coefficient (Wildman–Crippen LogP) is 4.58. The highest BCUT2D eigenvalue weighted by Gasteiger charge is 2.29. The van der Waals surface area contributed by atoms with E-state index in [0.717, 1.165) is 41.0 Å². The molecule has 3 aromatic rings. The number of carbonyl (C=O) groups is 2. The number of rotatable bonds is 7. The number of carbonyl (C=O) groups excluding carboxylic acids is 2. The third kappa shape index (κ3) is 5.03. The molecular formula is C27H30FN3O3. The van der Waals surface area contributed by atoms with Gasteiger partial charge in [-0.3, -0.25) is 9.59 Å². The Morgan fingerprint density at radius 1 is 1.15 bits per heavy atom. The van der Waals surface area contributed by atoms with Gasteiger partial charge in [-0.2, -0.15) is 5.10 Å². The van der Waals surface area contributed by atoms with Crippen molar-refractivity contribution in [1.82, 2.24) is 14.7 Å². The molecule has 1 atom stereocenters. The van der Waals surface area contributed by atoms with Crippen LogP contribution in [-0.2, 0) is 22.4 Å². The average molecular weight is 464 g/mol. The normalized spacial score (nSPS) is 15.5. The lowest BCUT2D eigenvalue weighted by atomic mass is 10.0. The summed E-state index contributed by atoms with van der Waals surface area (Å²) in [6.45, 7) is 4.62. The second kappa shape index (κ2) is 10.2. The third-order valence-electron chi connectivity index (χ3n) is 6.61. The molecule has 1 amide bonds. The third-order valence-corrected chi connectivity index (χ3v) is 6.61. The summed E-state index contributed by atoms with van der Waals surface area (Å²) in [7, 11) is 1.39. The molecule has 0 bridgehead atoms. The van der Waals surface area contributed by atoms with Gasteiger partial charge in [0.1, 0.15) is 5.82 Å². The predicted molar refractivity (Wildman–Crippen MR) is 128 cm³/mol. The molecule has 1 aliphatic heterocycles. The first-order chi connectivity index (χ1) is 16.4. The van der Waals surface area contributed by atoms with Crippen molar-refractivity contribution in [3.05, 3.63) is 82.4 Å². The zero-order chi connectivity index (χ0) is 24.2. The summed E-state index contributed by atoms with van der Waals surface area (Å²) in [6.07, 6.45) is 3.40. The molecule has 1 saturated heterocycles. The van der Waals surface area contributed by atoms with Crippen LogP contribution in [0.15, 0.2) is 48.5 Å². The number of nitrogens with zero attached hydrogens (tertiary/aromatic N) is 3. The molecule has 178 valence electrons. The first-order valence-electron chi connectivity index (χ1n) is 11.6. The number of hydrogen-bond donors (Lipinski definition) is 0. The monoisotopic (exact) mass is 463 g/mol. The van der Waals surface area contributed by atoms with Gasteiger partial charge >= 0.3 is 5.97 Å². The maximum absolute atomic E-state index is 13.6. The lowest BCUT2D eigenvalue weighted by Gasteiger charge is -2.25. The second-order valence-corrected chi connectivity index (χ2v) is 8.81. The van der Waals surface area contributed by atoms with Gasteiger partial charge in [0.05, 0.1) is 18.5 Å². The minimum atomic E-state index is -0.249. The molecule has 34 heavy (non-hydrogen) atoms. The molecule has 4 rings (SSSR count). The topological polar surface area (TPSA) is 64.4 Å². The van der Waals surface area contributed by atoms with E-state index in [1.165, 1.54) is 13.2 Å². The summed E-state index contributed by atoms with van der Waals surface area (Å²) in [4.78, 5) is 26.7. The van der Waals surface area contributed by atoms with Crippen LogP contribution in [0.5, 0.6) is 0 Å². The fourth-order valence-corrected chi connectivity index (χ4v) is 4.78. The summed E-state index contributed by atoms with van der Waals surface area (Å²) >= 11 is 0. The number of likely N-dealkylation sites (tertiary alicyclic amines) is 1. The van der Waals surface area contributed by atoms with Crippen molar-refractivity contribution < 1.29 is 18.7 Å². The number of esters is 1. The maximum Gasteiger partial charge on any atom is 0.305 e. The molecule has 6 nitrogen and oxygen atoms in total. The number of methoxy groups -OCH3 is 1. The minimum Gasteiger partial charge on any atom is -0.469 e. The number of halogens is 1. The Kier molecular flexibility index (Phi) is 7.10. The van der Waals surface area contributed by atoms with E-state index < -0.39 is 0 Å². The van der Waals surface area contributed by atoms with Crippen LogP contribution in [0.4, 0.5) is 4.39 Å². The lowest BCUT2D eigenvalue weighted by molar-refractivity contribution is -0.140. The summed E-state index contributed by atoms with van der Waals surface area (Å²) in [5, 5.41) is 4.64. The Labute approximate surface area is 199 Å². The van der Waals surface area contributed by atoms with E-state index in [-0.39, 0.29) is 23.7 Å². The van der Waals surface area contributed by atoms with Gasteiger partial charge in [0.2, 0.25) is 0 Å². The van der Waals surface area contributed by atoms with Gasteiger partial charge in [-0.1, -0.05) is 12.1 Å². The van der Waals surface area contributed by atoms with Crippen LogP contribution in [0, 0.1) is 19.7 Å². The van der Waals surface area contributed by atoms with Crippen LogP contribution in [0.2, 0.25) is 0 Å². The standard InChI is InChI=1S/C27H30FN3O3/c1-18-25(13-14-26(32)34-3)19(2)31(29-18)23-11-9-21(10-12-23)27(33)30-15-5-8-24(30)17-20-6-4-7-22(28)16-20/h4,6-7,9-12,16,24H,5,8,13-15,17H2,1-3H3. The maximum atomic E-state index is 13.6. The number of benzene rings is 2. The van der Waals surface area contributed by atoms with E-state index in [9.17, 15) is 14.0 Å². The molecule has 0 radical (unpaired) electrons. The first kappa shape index (κ1) is 23.7. The van der Waals surface area contributed by atoms with Gasteiger partial charge in [-0.15, -0.1) is 0 Å². The SMILES string of the molecule is COC(=O)CCc1c(C)nn(-c2ccc(C(=O)N3CCCC3Cc3cccc(F)c3)cc2)c1C. The quantitative estimate of drug-likeness (QED) is 0.481. The van der Waals surface area contributed by atoms with Gasteiger partial charge in [0.25, 0.3) is 5.91 Å². The number of aromatic nitrogens is 2. The van der Waals surface area contributed by atoms with Gasteiger partial charge < -0.3 is 9.64 Å². The van der Waals surface area contributed by atoms with Crippen molar-refractivity contribution in [1.29, 1.82) is 0 Å². The molecule has 1 unspecified atom stereocenters. The Morgan fingerprint density at radius 2 is 1.91 bits per heavy atom. The summed E-state index contributed by atoms with van der Waals surface area (Å²) < 4.78 is 20.2. The molecule has 2 heterocycles. The van der Waals surface area contributed by atoms with E-state index in [4.69, 9.17) is 4.74 Å². The summed E-state index contributed by atoms with van der Waals surface area (Å²) in [5.41, 5.74) is 5.27. The van der Waals surface area contributed by atoms with Crippen LogP contribution in [-0.4, -0.2) is 46.3 Å². The second-order valence-electron chi connectivity index (χ2n) is 8.81. The molecule has 7 heteroatoms. The van der Waals surface area contributed by atoms with Crippen LogP contribution in [0.3, 0.4) is 0 Å². The van der Waals surface area contributed by atoms with Crippen LogP contribution >= 0.6 is 0 Å². The molecule has 0 saturated carbocycles. The van der Waals surface area contributed by atoms with Crippen LogP contribution in [0.1, 0.15) is 52.1 Å². The van der Waals surface area contributed by atoms with E-state index >= 15 is 0 Å². The van der Waals surface area contributed by atoms with Crippen LogP contribution in [0.25, 0.3) is 5.69 Å². The van der Waals surface area contributed by atoms with Crippen LogP contribution < -0.4 is 0 Å². The minimum absolute atomic E-state index is 0.00223. The van der Waals surface area contributed by atoms with Crippen molar-refractivity contribution in [2.45, 2.75) is 52.0 Å². The van der Waals surface area contributed by atoms with E-state index in [1.807, 2.05) is 53.8 Å². The van der Waals surface area contributed by atoms with E-state index in [2.05, 4.69) is 5.10 Å². The number of amides is 1. The Bertz CT molecular complexity index is 1190. The number of hydrogen-bond acceptors (Lipinski definition) is 4. The Balaban J connectivity index is 1.48. The Hall–Kier alpha value is -3.48. The first-order valence-corrected chi connectivity index (χ1v) is 11.6. The summed E-state index contributed by atoms with van der Waals surface area (Å²) in [5.74, 6) is -0.494. The zero-order valence-electron chi connectivity index (χ0n) is 19.9. The fourth-order valence-electron chi connectivity index (χ4n) is 4.78. The smallest absolute Gasteiger partial charge is 0.305 e. The molecule has 1 aromatic heterocycles. The largest absolute Gasteiger partial charge is 0.469 e. The van der Waals surface area contributed by atoms with Gasteiger partial charge in [-0.05, 0) is 87.1 Å². The van der Waals surface area contributed by atoms with Gasteiger partial charge in [0, 0.05) is 30.3 Å². The van der Waals surface area contributed by atoms with Crippen molar-refractivity contribution in [3.63, 3.8) is 0 Å². The lowest BCUT2D eigenvalue weighted by Crippen LogP contribution is -2.36. The average Bonchev–Trinajstić information content (AvgIpc) is 3.41. The van der Waals surface area contributed by atoms with Crippen molar-refractivity contribution in [2.75, 3.05) is 13.7 Å². The highest BCUT2D eigenvalue weighted by Crippen LogP contribution is 2.25. The van der Waals surface area contributed by atoms with Crippen molar-refractivity contribution in [3.8, 4) is 5.69 Å². The molecule has 0 spiro atoms. The van der Waals surface area contributed by atoms with E-state index in [0.29, 0.717) is 31.4 Å². The molecule has 2 aromatic carbocycles. The fraction of sp³-hybridized carbons (Fsp3) is 0.370. The highest BCUT2D eigenvalue weighted by atomic mass is 19.1. The molecule has 0 aliphatic carbocycles. The van der Waals surface area contributed by atoms with Crippen molar-refractivity contribution in [2.24, 2.45) is 0 Å². The molecular weight excluding hydrogens is 433 g/mol. The molecule has 1 aliphatic rings. The number of ether oxygens (including phenoxy) is 1. The summed E-state index contributed by atoms with van der Waals surface area (Å²) in [6, 6.07) is 14.1. The Morgan fingerprint density at radius 3 is 2.62 bits per heavy atom. The number of aryl methyl sites for hydroxylation is 1. The van der Waals surface area contributed by atoms with Gasteiger partial charge in [0.15, 0.2) is 0 Å². The van der Waals surface area contributed by atoms with Crippen molar-refractivity contribution >= 4 is 11.9 Å². The molecule has 1 fully saturated rings.